The van der Waals surface area contributed by atoms with Gasteiger partial charge in [-0.2, -0.15) is 9.78 Å². The minimum atomic E-state index is -0.606. The Morgan fingerprint density at radius 2 is 2.04 bits per heavy atom. The van der Waals surface area contributed by atoms with Crippen molar-refractivity contribution >= 4 is 39.6 Å². The molecule has 0 radical (unpaired) electrons. The van der Waals surface area contributed by atoms with E-state index in [1.165, 1.54) is 4.68 Å². The first-order chi connectivity index (χ1) is 12.2. The van der Waals surface area contributed by atoms with Crippen molar-refractivity contribution in [2.75, 3.05) is 7.11 Å². The molecule has 0 aliphatic rings. The highest BCUT2D eigenvalue weighted by molar-refractivity contribution is 14.1. The minimum Gasteiger partial charge on any atom is -0.496 e. The maximum atomic E-state index is 12.5. The van der Waals surface area contributed by atoms with Crippen LogP contribution in [-0.2, 0) is 4.74 Å². The number of aryl methyl sites for hydroxylation is 1. The lowest BCUT2D eigenvalue weighted by Crippen LogP contribution is -2.28. The van der Waals surface area contributed by atoms with E-state index in [1.54, 1.807) is 25.6 Å². The van der Waals surface area contributed by atoms with E-state index in [1.807, 2.05) is 33.8 Å². The zero-order chi connectivity index (χ0) is 19.1. The first-order valence-corrected chi connectivity index (χ1v) is 9.06. The molecule has 26 heavy (non-hydrogen) atoms. The highest BCUT2D eigenvalue weighted by Gasteiger charge is 2.24. The molecule has 0 spiro atoms. The number of pyridine rings is 2. The Hall–Kier alpha value is -2.23. The summed E-state index contributed by atoms with van der Waals surface area (Å²) < 4.78 is 12.8. The van der Waals surface area contributed by atoms with Crippen molar-refractivity contribution < 1.29 is 14.3 Å². The molecule has 0 amide bonds. The molecule has 3 heterocycles. The number of rotatable bonds is 2. The van der Waals surface area contributed by atoms with Crippen LogP contribution in [-0.4, -0.2) is 38.6 Å². The highest BCUT2D eigenvalue weighted by atomic mass is 127. The van der Waals surface area contributed by atoms with Crippen molar-refractivity contribution in [3.05, 3.63) is 33.9 Å². The van der Waals surface area contributed by atoms with E-state index >= 15 is 0 Å². The lowest BCUT2D eigenvalue weighted by molar-refractivity contribution is 0.0522. The molecule has 0 unspecified atom stereocenters. The van der Waals surface area contributed by atoms with Crippen molar-refractivity contribution in [1.82, 2.24) is 19.7 Å². The van der Waals surface area contributed by atoms with Crippen LogP contribution >= 0.6 is 22.6 Å². The normalized spacial score (nSPS) is 11.6. The summed E-state index contributed by atoms with van der Waals surface area (Å²) >= 11 is 2.11. The molecule has 0 saturated carbocycles. The summed E-state index contributed by atoms with van der Waals surface area (Å²) in [6, 6.07) is 3.67. The third-order valence-corrected chi connectivity index (χ3v) is 4.43. The van der Waals surface area contributed by atoms with E-state index in [4.69, 9.17) is 9.47 Å². The Bertz CT molecular complexity index is 992. The Morgan fingerprint density at radius 3 is 2.69 bits per heavy atom. The number of ether oxygens (including phenoxy) is 2. The fourth-order valence-corrected chi connectivity index (χ4v) is 3.24. The van der Waals surface area contributed by atoms with Gasteiger partial charge in [0.05, 0.1) is 24.1 Å². The van der Waals surface area contributed by atoms with Gasteiger partial charge >= 0.3 is 6.09 Å². The van der Waals surface area contributed by atoms with Crippen LogP contribution < -0.4 is 4.74 Å². The Morgan fingerprint density at radius 1 is 1.31 bits per heavy atom. The summed E-state index contributed by atoms with van der Waals surface area (Å²) in [6.45, 7) is 7.30. The van der Waals surface area contributed by atoms with Crippen LogP contribution in [0.4, 0.5) is 4.79 Å². The Balaban J connectivity index is 2.17. The van der Waals surface area contributed by atoms with E-state index in [2.05, 4.69) is 37.7 Å². The van der Waals surface area contributed by atoms with Gasteiger partial charge in [0.1, 0.15) is 20.6 Å². The Labute approximate surface area is 164 Å². The number of carbonyl (C=O) groups is 1. The zero-order valence-electron chi connectivity index (χ0n) is 15.2. The van der Waals surface area contributed by atoms with Gasteiger partial charge in [0, 0.05) is 17.8 Å². The van der Waals surface area contributed by atoms with Crippen LogP contribution in [0.25, 0.3) is 22.2 Å². The molecule has 0 aliphatic heterocycles. The van der Waals surface area contributed by atoms with Crippen LogP contribution in [0.3, 0.4) is 0 Å². The van der Waals surface area contributed by atoms with Crippen molar-refractivity contribution in [2.45, 2.75) is 33.3 Å². The molecule has 0 fully saturated rings. The van der Waals surface area contributed by atoms with E-state index in [-0.39, 0.29) is 0 Å². The van der Waals surface area contributed by atoms with Gasteiger partial charge in [-0.25, -0.2) is 4.79 Å². The van der Waals surface area contributed by atoms with Crippen molar-refractivity contribution in [1.29, 1.82) is 0 Å². The first-order valence-electron chi connectivity index (χ1n) is 7.99. The number of aromatic nitrogens is 4. The summed E-state index contributed by atoms with van der Waals surface area (Å²) in [5.74, 6) is 0.681. The third-order valence-electron chi connectivity index (χ3n) is 3.63. The maximum absolute atomic E-state index is 12.5. The predicted molar refractivity (Wildman–Crippen MR) is 106 cm³/mol. The molecule has 0 bridgehead atoms. The third kappa shape index (κ3) is 3.50. The van der Waals surface area contributed by atoms with Crippen LogP contribution in [0.2, 0.25) is 0 Å². The molecule has 8 heteroatoms. The monoisotopic (exact) mass is 466 g/mol. The topological polar surface area (TPSA) is 79.1 Å². The molecule has 136 valence electrons. The molecule has 7 nitrogen and oxygen atoms in total. The zero-order valence-corrected chi connectivity index (χ0v) is 17.4. The second-order valence-electron chi connectivity index (χ2n) is 6.75. The summed E-state index contributed by atoms with van der Waals surface area (Å²) in [6.07, 6.45) is 2.84. The van der Waals surface area contributed by atoms with Crippen molar-refractivity contribution in [3.63, 3.8) is 0 Å². The van der Waals surface area contributed by atoms with Crippen LogP contribution in [0, 0.1) is 10.6 Å². The number of hydrogen-bond acceptors (Lipinski definition) is 6. The van der Waals surface area contributed by atoms with E-state index in [9.17, 15) is 4.79 Å². The lowest BCUT2D eigenvalue weighted by Gasteiger charge is -2.19. The second-order valence-corrected chi connectivity index (χ2v) is 7.77. The number of fused-ring (bicyclic) bond motifs is 1. The average Bonchev–Trinajstić information content (AvgIpc) is 2.91. The van der Waals surface area contributed by atoms with Crippen molar-refractivity contribution in [2.24, 2.45) is 0 Å². The van der Waals surface area contributed by atoms with Crippen molar-refractivity contribution in [3.8, 4) is 17.0 Å². The fraction of sp³-hybridized carbons (Fsp3) is 0.333. The van der Waals surface area contributed by atoms with Crippen LogP contribution in [0.1, 0.15) is 26.5 Å². The number of halogens is 1. The molecular formula is C18H19IN4O3. The SMILES string of the molecule is COc1ccncc1-c1cc2c(I)nn(C(=O)OC(C)(C)C)c2c(C)n1. The summed E-state index contributed by atoms with van der Waals surface area (Å²) in [5.41, 5.74) is 2.19. The van der Waals surface area contributed by atoms with Crippen LogP contribution in [0.5, 0.6) is 5.75 Å². The standard InChI is InChI=1S/C18H19IN4O3/c1-10-15-11(16(19)22-23(15)17(24)26-18(2,3)4)8-13(21-10)12-9-20-7-6-14(12)25-5/h6-9H,1-5H3. The first kappa shape index (κ1) is 18.6. The van der Waals surface area contributed by atoms with Gasteiger partial charge in [-0.15, -0.1) is 0 Å². The molecule has 3 rings (SSSR count). The number of methoxy groups -OCH3 is 1. The number of nitrogens with zero attached hydrogens (tertiary/aromatic N) is 4. The van der Waals surface area contributed by atoms with Gasteiger partial charge in [0.25, 0.3) is 0 Å². The lowest BCUT2D eigenvalue weighted by atomic mass is 10.1. The molecule has 3 aromatic rings. The minimum absolute atomic E-state index is 0.526. The molecule has 0 N–H and O–H groups in total. The fourth-order valence-electron chi connectivity index (χ4n) is 2.61. The van der Waals surface area contributed by atoms with Gasteiger partial charge in [0.15, 0.2) is 0 Å². The predicted octanol–water partition coefficient (Wildman–Crippen LogP) is 4.20. The second kappa shape index (κ2) is 6.82. The molecule has 3 aromatic heterocycles. The molecular weight excluding hydrogens is 447 g/mol. The average molecular weight is 466 g/mol. The van der Waals surface area contributed by atoms with Gasteiger partial charge in [0.2, 0.25) is 0 Å². The summed E-state index contributed by atoms with van der Waals surface area (Å²) in [7, 11) is 1.61. The van der Waals surface area contributed by atoms with E-state index < -0.39 is 11.7 Å². The maximum Gasteiger partial charge on any atom is 0.435 e. The number of carbonyl (C=O) groups excluding carboxylic acids is 1. The summed E-state index contributed by atoms with van der Waals surface area (Å²) in [5, 5.41) is 5.18. The number of hydrogen-bond donors (Lipinski definition) is 0. The van der Waals surface area contributed by atoms with E-state index in [0.29, 0.717) is 26.4 Å². The molecule has 0 atom stereocenters. The quantitative estimate of drug-likeness (QED) is 0.527. The molecule has 0 aliphatic carbocycles. The molecule has 0 aromatic carbocycles. The summed E-state index contributed by atoms with van der Waals surface area (Å²) in [4.78, 5) is 21.3. The van der Waals surface area contributed by atoms with Gasteiger partial charge in [-0.05, 0) is 62.4 Å². The smallest absolute Gasteiger partial charge is 0.435 e. The largest absolute Gasteiger partial charge is 0.496 e. The van der Waals surface area contributed by atoms with Gasteiger partial charge in [-0.1, -0.05) is 0 Å². The van der Waals surface area contributed by atoms with Gasteiger partial charge in [-0.3, -0.25) is 9.97 Å². The van der Waals surface area contributed by atoms with Crippen LogP contribution in [0.15, 0.2) is 24.5 Å². The van der Waals surface area contributed by atoms with Gasteiger partial charge < -0.3 is 9.47 Å². The Kier molecular flexibility index (Phi) is 4.87. The highest BCUT2D eigenvalue weighted by Crippen LogP contribution is 2.32. The molecule has 0 saturated heterocycles. The van der Waals surface area contributed by atoms with E-state index in [0.717, 1.165) is 10.9 Å².